The second kappa shape index (κ2) is 6.94. The van der Waals surface area contributed by atoms with Crippen LogP contribution in [-0.2, 0) is 16.1 Å². The Morgan fingerprint density at radius 3 is 2.82 bits per heavy atom. The predicted octanol–water partition coefficient (Wildman–Crippen LogP) is 3.26. The van der Waals surface area contributed by atoms with Crippen molar-refractivity contribution in [2.45, 2.75) is 44.7 Å². The van der Waals surface area contributed by atoms with E-state index >= 15 is 0 Å². The largest absolute Gasteiger partial charge is 0.465 e. The second-order valence-electron chi connectivity index (χ2n) is 5.84. The monoisotopic (exact) mass is 305 g/mol. The molecule has 1 saturated heterocycles. The summed E-state index contributed by atoms with van der Waals surface area (Å²) in [4.78, 5) is 12.9. The molecule has 5 heteroatoms. The zero-order valence-electron chi connectivity index (χ0n) is 13.1. The molecule has 1 heterocycles. The summed E-state index contributed by atoms with van der Waals surface area (Å²) in [5.41, 5.74) is 0.211. The van der Waals surface area contributed by atoms with Gasteiger partial charge in [-0.1, -0.05) is 36.4 Å². The second-order valence-corrected chi connectivity index (χ2v) is 5.84. The molecule has 0 spiro atoms. The van der Waals surface area contributed by atoms with Gasteiger partial charge < -0.3 is 14.6 Å². The number of hydrogen-bond donors (Lipinski definition) is 1. The van der Waals surface area contributed by atoms with Crippen molar-refractivity contribution in [2.24, 2.45) is 0 Å². The first kappa shape index (κ1) is 16.5. The highest BCUT2D eigenvalue weighted by molar-refractivity contribution is 5.66. The van der Waals surface area contributed by atoms with Crippen LogP contribution in [0.4, 0.5) is 4.79 Å². The van der Waals surface area contributed by atoms with Crippen molar-refractivity contribution in [3.63, 3.8) is 0 Å². The first-order valence-electron chi connectivity index (χ1n) is 7.38. The van der Waals surface area contributed by atoms with Crippen molar-refractivity contribution in [2.75, 3.05) is 6.61 Å². The molecule has 1 N–H and O–H groups in total. The van der Waals surface area contributed by atoms with Gasteiger partial charge in [-0.3, -0.25) is 4.90 Å². The summed E-state index contributed by atoms with van der Waals surface area (Å²) in [5.74, 6) is 0. The molecule has 1 fully saturated rings. The lowest BCUT2D eigenvalue weighted by Gasteiger charge is -2.34. The van der Waals surface area contributed by atoms with Crippen LogP contribution in [0.25, 0.3) is 0 Å². The number of ether oxygens (including phenoxy) is 2. The summed E-state index contributed by atoms with van der Waals surface area (Å²) in [6.45, 7) is 8.01. The van der Waals surface area contributed by atoms with Gasteiger partial charge in [-0.05, 0) is 25.8 Å². The fourth-order valence-electron chi connectivity index (χ4n) is 2.76. The van der Waals surface area contributed by atoms with E-state index in [4.69, 9.17) is 9.47 Å². The molecule has 0 aromatic heterocycles. The fraction of sp³-hybridized carbons (Fsp3) is 0.471. The Morgan fingerprint density at radius 2 is 2.23 bits per heavy atom. The van der Waals surface area contributed by atoms with Crippen LogP contribution in [0.3, 0.4) is 0 Å². The SMILES string of the molecule is C=CCC(OCc1ccccc1)[C@@H]1COC(C)(C)N1C(=O)O. The molecule has 1 unspecified atom stereocenters. The quantitative estimate of drug-likeness (QED) is 0.820. The third kappa shape index (κ3) is 3.67. The minimum Gasteiger partial charge on any atom is -0.465 e. The molecule has 22 heavy (non-hydrogen) atoms. The number of benzene rings is 1. The van der Waals surface area contributed by atoms with Gasteiger partial charge in [0.05, 0.1) is 25.4 Å². The highest BCUT2D eigenvalue weighted by Gasteiger charge is 2.47. The van der Waals surface area contributed by atoms with E-state index in [0.717, 1.165) is 5.56 Å². The Morgan fingerprint density at radius 1 is 1.55 bits per heavy atom. The lowest BCUT2D eigenvalue weighted by molar-refractivity contribution is -0.0534. The summed E-state index contributed by atoms with van der Waals surface area (Å²) < 4.78 is 11.6. The molecule has 1 amide bonds. The van der Waals surface area contributed by atoms with Crippen molar-refractivity contribution in [3.05, 3.63) is 48.6 Å². The lowest BCUT2D eigenvalue weighted by atomic mass is 10.1. The van der Waals surface area contributed by atoms with Gasteiger partial charge in [0.2, 0.25) is 0 Å². The van der Waals surface area contributed by atoms with Crippen LogP contribution in [0, 0.1) is 0 Å². The molecule has 1 aromatic carbocycles. The molecule has 0 bridgehead atoms. The van der Waals surface area contributed by atoms with Crippen molar-refractivity contribution < 1.29 is 19.4 Å². The number of nitrogens with zero attached hydrogens (tertiary/aromatic N) is 1. The molecule has 0 radical (unpaired) electrons. The van der Waals surface area contributed by atoms with E-state index < -0.39 is 11.8 Å². The average Bonchev–Trinajstić information content (AvgIpc) is 2.80. The van der Waals surface area contributed by atoms with Crippen molar-refractivity contribution in [3.8, 4) is 0 Å². The van der Waals surface area contributed by atoms with Crippen LogP contribution in [-0.4, -0.2) is 40.6 Å². The van der Waals surface area contributed by atoms with Gasteiger partial charge in [-0.25, -0.2) is 4.79 Å². The summed E-state index contributed by atoms with van der Waals surface area (Å²) in [5, 5.41) is 9.49. The van der Waals surface area contributed by atoms with Crippen LogP contribution in [0.2, 0.25) is 0 Å². The Hall–Kier alpha value is -1.85. The molecule has 1 aromatic rings. The van der Waals surface area contributed by atoms with Gasteiger partial charge in [-0.2, -0.15) is 0 Å². The van der Waals surface area contributed by atoms with E-state index in [9.17, 15) is 9.90 Å². The summed E-state index contributed by atoms with van der Waals surface area (Å²) in [7, 11) is 0. The van der Waals surface area contributed by atoms with Crippen molar-refractivity contribution >= 4 is 6.09 Å². The predicted molar refractivity (Wildman–Crippen MR) is 83.5 cm³/mol. The van der Waals surface area contributed by atoms with E-state index in [2.05, 4.69) is 6.58 Å². The van der Waals surface area contributed by atoms with Crippen molar-refractivity contribution in [1.29, 1.82) is 0 Å². The molecule has 0 aliphatic carbocycles. The number of carboxylic acid groups (broad SMARTS) is 1. The molecular formula is C17H23NO4. The lowest BCUT2D eigenvalue weighted by Crippen LogP contribution is -2.51. The third-order valence-corrected chi connectivity index (χ3v) is 3.86. The van der Waals surface area contributed by atoms with E-state index in [0.29, 0.717) is 19.6 Å². The zero-order valence-corrected chi connectivity index (χ0v) is 13.1. The van der Waals surface area contributed by atoms with E-state index in [-0.39, 0.29) is 12.1 Å². The Kier molecular flexibility index (Phi) is 5.21. The van der Waals surface area contributed by atoms with Gasteiger partial charge in [0.1, 0.15) is 5.72 Å². The number of rotatable bonds is 6. The Balaban J connectivity index is 2.10. The van der Waals surface area contributed by atoms with Crippen LogP contribution in [0.5, 0.6) is 0 Å². The van der Waals surface area contributed by atoms with Gasteiger partial charge in [0.25, 0.3) is 0 Å². The molecule has 2 rings (SSSR count). The third-order valence-electron chi connectivity index (χ3n) is 3.86. The molecule has 0 saturated carbocycles. The topological polar surface area (TPSA) is 59.0 Å². The summed E-state index contributed by atoms with van der Waals surface area (Å²) in [6.07, 6.45) is 1.04. The van der Waals surface area contributed by atoms with Gasteiger partial charge in [0.15, 0.2) is 0 Å². The van der Waals surface area contributed by atoms with E-state index in [1.165, 1.54) is 4.90 Å². The van der Waals surface area contributed by atoms with Crippen LogP contribution < -0.4 is 0 Å². The molecule has 2 atom stereocenters. The van der Waals surface area contributed by atoms with Gasteiger partial charge >= 0.3 is 6.09 Å². The molecule has 5 nitrogen and oxygen atoms in total. The van der Waals surface area contributed by atoms with E-state index in [1.807, 2.05) is 30.3 Å². The van der Waals surface area contributed by atoms with Crippen LogP contribution >= 0.6 is 0 Å². The van der Waals surface area contributed by atoms with Gasteiger partial charge in [0, 0.05) is 0 Å². The molecule has 1 aliphatic heterocycles. The maximum atomic E-state index is 11.6. The average molecular weight is 305 g/mol. The Bertz CT molecular complexity index is 515. The smallest absolute Gasteiger partial charge is 0.409 e. The molecule has 1 aliphatic rings. The maximum Gasteiger partial charge on any atom is 0.409 e. The first-order chi connectivity index (χ1) is 10.5. The fourth-order valence-corrected chi connectivity index (χ4v) is 2.76. The first-order valence-corrected chi connectivity index (χ1v) is 7.38. The van der Waals surface area contributed by atoms with Gasteiger partial charge in [-0.15, -0.1) is 6.58 Å². The van der Waals surface area contributed by atoms with Crippen LogP contribution in [0.1, 0.15) is 25.8 Å². The van der Waals surface area contributed by atoms with Crippen LogP contribution in [0.15, 0.2) is 43.0 Å². The number of amides is 1. The molecular weight excluding hydrogens is 282 g/mol. The summed E-state index contributed by atoms with van der Waals surface area (Å²) >= 11 is 0. The standard InChI is InChI=1S/C17H23NO4/c1-4-8-15(21-11-13-9-6-5-7-10-13)14-12-22-17(2,3)18(14)16(19)20/h4-7,9-10,14-15H,1,8,11-12H2,2-3H3,(H,19,20)/t14-,15?/m0/s1. The minimum atomic E-state index is -0.995. The van der Waals surface area contributed by atoms with Crippen molar-refractivity contribution in [1.82, 2.24) is 4.90 Å². The molecule has 120 valence electrons. The number of hydrogen-bond acceptors (Lipinski definition) is 3. The highest BCUT2D eigenvalue weighted by Crippen LogP contribution is 2.31. The summed E-state index contributed by atoms with van der Waals surface area (Å²) in [6, 6.07) is 9.47. The number of carbonyl (C=O) groups is 1. The Labute approximate surface area is 131 Å². The van der Waals surface area contributed by atoms with E-state index in [1.54, 1.807) is 19.9 Å². The maximum absolute atomic E-state index is 11.6. The zero-order chi connectivity index (χ0) is 16.2. The normalized spacial score (nSPS) is 21.5. The minimum absolute atomic E-state index is 0.282. The highest BCUT2D eigenvalue weighted by atomic mass is 16.5.